The molecule has 0 heterocycles. The number of carbonyl (C=O) groups is 2. The van der Waals surface area contributed by atoms with Gasteiger partial charge in [0.2, 0.25) is 5.91 Å². The number of carboxylic acid groups (broad SMARTS) is 1. The van der Waals surface area contributed by atoms with E-state index >= 15 is 0 Å². The van der Waals surface area contributed by atoms with E-state index in [0.29, 0.717) is 24.2 Å². The molecule has 0 radical (unpaired) electrons. The van der Waals surface area contributed by atoms with Crippen molar-refractivity contribution in [3.8, 4) is 0 Å². The molecule has 0 aliphatic carbocycles. The normalized spacial score (nSPS) is 11.6. The van der Waals surface area contributed by atoms with Gasteiger partial charge in [-0.1, -0.05) is 62.2 Å². The highest BCUT2D eigenvalue weighted by Gasteiger charge is 2.30. The van der Waals surface area contributed by atoms with Crippen molar-refractivity contribution in [3.05, 3.63) is 70.8 Å². The number of nitrogens with zero attached hydrogens (tertiary/aromatic N) is 1. The number of hydrogen-bond acceptors (Lipinski definition) is 4. The molecule has 34 heavy (non-hydrogen) atoms. The fourth-order valence-electron chi connectivity index (χ4n) is 3.46. The Morgan fingerprint density at radius 3 is 2.29 bits per heavy atom. The molecule has 6 nitrogen and oxygen atoms in total. The Hall–Kier alpha value is -2.91. The summed E-state index contributed by atoms with van der Waals surface area (Å²) in [6.45, 7) is 3.74. The minimum absolute atomic E-state index is 0.0802. The first-order valence-corrected chi connectivity index (χ1v) is 11.3. The van der Waals surface area contributed by atoms with Crippen molar-refractivity contribution >= 4 is 11.9 Å². The number of carbonyl (C=O) groups excluding carboxylic acids is 1. The molecule has 186 valence electrons. The second-order valence-electron chi connectivity index (χ2n) is 8.21. The van der Waals surface area contributed by atoms with Crippen molar-refractivity contribution < 1.29 is 27.9 Å². The standard InChI is InChI=1S/C25H32F3N3O3/c1-2-3-4-12-30-23(32)15-29-18-31(16-20-10-8-19(9-11-20)14-24(33)34)17-21-6-5-7-22(13-21)25(26,27)28/h5-11,13,29H,2-4,12,14-18H2,1H3,(H,30,32)(H,33,34). The molecule has 2 rings (SSSR count). The predicted molar refractivity (Wildman–Crippen MR) is 124 cm³/mol. The van der Waals surface area contributed by atoms with Gasteiger partial charge in [0.1, 0.15) is 0 Å². The average molecular weight is 480 g/mol. The van der Waals surface area contributed by atoms with Crippen molar-refractivity contribution in [3.63, 3.8) is 0 Å². The van der Waals surface area contributed by atoms with Crippen LogP contribution in [0.25, 0.3) is 0 Å². The fraction of sp³-hybridized carbons (Fsp3) is 0.440. The largest absolute Gasteiger partial charge is 0.481 e. The Morgan fingerprint density at radius 1 is 0.971 bits per heavy atom. The Morgan fingerprint density at radius 2 is 1.65 bits per heavy atom. The molecule has 0 aliphatic heterocycles. The molecule has 0 saturated heterocycles. The molecule has 2 aromatic rings. The molecule has 0 unspecified atom stereocenters. The van der Waals surface area contributed by atoms with Crippen molar-refractivity contribution in [2.24, 2.45) is 0 Å². The van der Waals surface area contributed by atoms with Crippen molar-refractivity contribution in [2.75, 3.05) is 19.8 Å². The van der Waals surface area contributed by atoms with Gasteiger partial charge in [-0.25, -0.2) is 0 Å². The third kappa shape index (κ3) is 10.4. The smallest absolute Gasteiger partial charge is 0.416 e. The van der Waals surface area contributed by atoms with E-state index in [1.54, 1.807) is 30.3 Å². The summed E-state index contributed by atoms with van der Waals surface area (Å²) in [7, 11) is 0. The van der Waals surface area contributed by atoms with Gasteiger partial charge in [0.15, 0.2) is 0 Å². The van der Waals surface area contributed by atoms with Gasteiger partial charge in [0, 0.05) is 26.3 Å². The number of amides is 1. The van der Waals surface area contributed by atoms with Crippen LogP contribution in [0.3, 0.4) is 0 Å². The quantitative estimate of drug-likeness (QED) is 0.280. The van der Waals surface area contributed by atoms with Gasteiger partial charge >= 0.3 is 12.1 Å². The summed E-state index contributed by atoms with van der Waals surface area (Å²) in [6.07, 6.45) is -1.47. The summed E-state index contributed by atoms with van der Waals surface area (Å²) in [6, 6.07) is 12.2. The lowest BCUT2D eigenvalue weighted by molar-refractivity contribution is -0.138. The second-order valence-corrected chi connectivity index (χ2v) is 8.21. The number of benzene rings is 2. The second kappa shape index (κ2) is 13.7. The summed E-state index contributed by atoms with van der Waals surface area (Å²) in [5, 5.41) is 14.8. The van der Waals surface area contributed by atoms with E-state index in [2.05, 4.69) is 17.6 Å². The molecule has 9 heteroatoms. The van der Waals surface area contributed by atoms with Gasteiger partial charge in [-0.15, -0.1) is 0 Å². The number of halogens is 3. The van der Waals surface area contributed by atoms with Crippen LogP contribution in [0.15, 0.2) is 48.5 Å². The highest BCUT2D eigenvalue weighted by Crippen LogP contribution is 2.29. The van der Waals surface area contributed by atoms with Gasteiger partial charge in [-0.05, 0) is 29.2 Å². The number of rotatable bonds is 14. The van der Waals surface area contributed by atoms with Crippen LogP contribution in [0.2, 0.25) is 0 Å². The average Bonchev–Trinajstić information content (AvgIpc) is 2.77. The van der Waals surface area contributed by atoms with Gasteiger partial charge < -0.3 is 10.4 Å². The number of unbranched alkanes of at least 4 members (excludes halogenated alkanes) is 2. The predicted octanol–water partition coefficient (Wildman–Crippen LogP) is 4.19. The number of aliphatic carboxylic acids is 1. The van der Waals surface area contributed by atoms with Gasteiger partial charge in [0.25, 0.3) is 0 Å². The van der Waals surface area contributed by atoms with E-state index in [4.69, 9.17) is 5.11 Å². The Balaban J connectivity index is 2.03. The Kier molecular flexibility index (Phi) is 11.0. The molecular formula is C25H32F3N3O3. The molecule has 3 N–H and O–H groups in total. The molecule has 0 atom stereocenters. The molecule has 0 bridgehead atoms. The highest BCUT2D eigenvalue weighted by atomic mass is 19.4. The maximum atomic E-state index is 13.1. The topological polar surface area (TPSA) is 81.7 Å². The minimum Gasteiger partial charge on any atom is -0.481 e. The van der Waals surface area contributed by atoms with Crippen molar-refractivity contribution in [1.29, 1.82) is 0 Å². The van der Waals surface area contributed by atoms with Gasteiger partial charge in [-0.3, -0.25) is 19.8 Å². The monoisotopic (exact) mass is 479 g/mol. The zero-order valence-electron chi connectivity index (χ0n) is 19.3. The van der Waals surface area contributed by atoms with Crippen LogP contribution in [0.1, 0.15) is 48.4 Å². The van der Waals surface area contributed by atoms with E-state index in [1.807, 2.05) is 4.90 Å². The number of carboxylic acids is 1. The molecule has 0 saturated carbocycles. The van der Waals surface area contributed by atoms with E-state index < -0.39 is 17.7 Å². The third-order valence-electron chi connectivity index (χ3n) is 5.17. The van der Waals surface area contributed by atoms with Crippen LogP contribution >= 0.6 is 0 Å². The van der Waals surface area contributed by atoms with Crippen LogP contribution in [-0.4, -0.2) is 41.6 Å². The fourth-order valence-corrected chi connectivity index (χ4v) is 3.46. The summed E-state index contributed by atoms with van der Waals surface area (Å²) >= 11 is 0. The number of alkyl halides is 3. The van der Waals surface area contributed by atoms with Crippen LogP contribution in [0, 0.1) is 0 Å². The third-order valence-corrected chi connectivity index (χ3v) is 5.17. The first-order valence-electron chi connectivity index (χ1n) is 11.3. The molecule has 0 fully saturated rings. The van der Waals surface area contributed by atoms with E-state index in [9.17, 15) is 22.8 Å². The molecule has 0 aliphatic rings. The molecule has 0 aromatic heterocycles. The first-order chi connectivity index (χ1) is 16.2. The highest BCUT2D eigenvalue weighted by molar-refractivity contribution is 5.77. The van der Waals surface area contributed by atoms with E-state index in [1.165, 1.54) is 6.07 Å². The lowest BCUT2D eigenvalue weighted by Crippen LogP contribution is -2.40. The summed E-state index contributed by atoms with van der Waals surface area (Å²) < 4.78 is 39.3. The summed E-state index contributed by atoms with van der Waals surface area (Å²) in [5.74, 6) is -1.05. The van der Waals surface area contributed by atoms with Crippen molar-refractivity contribution in [2.45, 2.75) is 51.9 Å². The van der Waals surface area contributed by atoms with Crippen LogP contribution in [-0.2, 0) is 35.3 Å². The zero-order valence-corrected chi connectivity index (χ0v) is 19.3. The molecule has 0 spiro atoms. The van der Waals surface area contributed by atoms with Crippen LogP contribution in [0.4, 0.5) is 13.2 Å². The molecular weight excluding hydrogens is 447 g/mol. The summed E-state index contributed by atoms with van der Waals surface area (Å²) in [5.41, 5.74) is 1.34. The Bertz CT molecular complexity index is 918. The number of nitrogens with one attached hydrogen (secondary N) is 2. The summed E-state index contributed by atoms with van der Waals surface area (Å²) in [4.78, 5) is 24.8. The maximum absolute atomic E-state index is 13.1. The van der Waals surface area contributed by atoms with Gasteiger partial charge in [0.05, 0.1) is 18.5 Å². The number of hydrogen-bond donors (Lipinski definition) is 3. The van der Waals surface area contributed by atoms with Crippen LogP contribution in [0.5, 0.6) is 0 Å². The van der Waals surface area contributed by atoms with E-state index in [-0.39, 0.29) is 32.1 Å². The SMILES string of the molecule is CCCCCNC(=O)CNCN(Cc1ccc(CC(=O)O)cc1)Cc1cccc(C(F)(F)F)c1. The minimum atomic E-state index is -4.42. The lowest BCUT2D eigenvalue weighted by Gasteiger charge is -2.23. The molecule has 2 aromatic carbocycles. The van der Waals surface area contributed by atoms with Crippen molar-refractivity contribution in [1.82, 2.24) is 15.5 Å². The molecule has 1 amide bonds. The van der Waals surface area contributed by atoms with E-state index in [0.717, 1.165) is 37.0 Å². The van der Waals surface area contributed by atoms with Crippen LogP contribution < -0.4 is 10.6 Å². The first kappa shape index (κ1) is 27.3. The maximum Gasteiger partial charge on any atom is 0.416 e. The van der Waals surface area contributed by atoms with Gasteiger partial charge in [-0.2, -0.15) is 13.2 Å². The zero-order chi connectivity index (χ0) is 25.0. The Labute approximate surface area is 198 Å². The lowest BCUT2D eigenvalue weighted by atomic mass is 10.1.